The molecule has 1 aliphatic heterocycles. The number of carbonyl (C=O) groups excluding carboxylic acids is 1. The topological polar surface area (TPSA) is 41.6 Å². The minimum Gasteiger partial charge on any atom is -0.463 e. The number of nitrogens with one attached hydrogen (secondary N) is 1. The van der Waals surface area contributed by atoms with Gasteiger partial charge in [0.2, 0.25) is 0 Å². The SMILES string of the molecule is CCOC(=O)C1=C(C)N(C)C(=S)NC1c1ccsc1. The number of allylic oxidation sites excluding steroid dienone is 1. The molecule has 2 rings (SSSR count). The van der Waals surface area contributed by atoms with Gasteiger partial charge in [-0.1, -0.05) is 0 Å². The second kappa shape index (κ2) is 5.71. The van der Waals surface area contributed by atoms with E-state index in [-0.39, 0.29) is 12.0 Å². The van der Waals surface area contributed by atoms with Crippen LogP contribution in [0.4, 0.5) is 0 Å². The fourth-order valence-electron chi connectivity index (χ4n) is 2.00. The van der Waals surface area contributed by atoms with Gasteiger partial charge in [-0.15, -0.1) is 0 Å². The van der Waals surface area contributed by atoms with Gasteiger partial charge in [0.1, 0.15) is 0 Å². The van der Waals surface area contributed by atoms with Crippen LogP contribution in [0.5, 0.6) is 0 Å². The van der Waals surface area contributed by atoms with E-state index in [1.54, 1.807) is 23.2 Å². The van der Waals surface area contributed by atoms with Crippen LogP contribution in [-0.2, 0) is 9.53 Å². The minimum atomic E-state index is -0.293. The van der Waals surface area contributed by atoms with E-state index in [4.69, 9.17) is 17.0 Å². The summed E-state index contributed by atoms with van der Waals surface area (Å²) in [7, 11) is 1.84. The molecule has 1 aliphatic rings. The number of rotatable bonds is 3. The smallest absolute Gasteiger partial charge is 0.338 e. The molecule has 6 heteroatoms. The van der Waals surface area contributed by atoms with Crippen LogP contribution in [0.2, 0.25) is 0 Å². The molecule has 0 spiro atoms. The number of ether oxygens (including phenoxy) is 1. The highest BCUT2D eigenvalue weighted by Gasteiger charge is 2.33. The molecule has 0 amide bonds. The van der Waals surface area contributed by atoms with Gasteiger partial charge in [0, 0.05) is 12.7 Å². The number of hydrogen-bond donors (Lipinski definition) is 1. The van der Waals surface area contributed by atoms with E-state index in [0.717, 1.165) is 11.3 Å². The Hall–Kier alpha value is -1.40. The Labute approximate surface area is 122 Å². The molecule has 1 aromatic rings. The van der Waals surface area contributed by atoms with E-state index in [9.17, 15) is 4.79 Å². The van der Waals surface area contributed by atoms with Crippen LogP contribution in [-0.4, -0.2) is 29.6 Å². The Bertz CT molecular complexity index is 523. The Morgan fingerprint density at radius 3 is 2.95 bits per heavy atom. The van der Waals surface area contributed by atoms with Gasteiger partial charge in [-0.25, -0.2) is 4.79 Å². The summed E-state index contributed by atoms with van der Waals surface area (Å²) in [6.45, 7) is 4.05. The predicted molar refractivity (Wildman–Crippen MR) is 79.9 cm³/mol. The molecule has 19 heavy (non-hydrogen) atoms. The van der Waals surface area contributed by atoms with Gasteiger partial charge in [0.25, 0.3) is 0 Å². The molecule has 0 bridgehead atoms. The summed E-state index contributed by atoms with van der Waals surface area (Å²) in [5.74, 6) is -0.293. The third kappa shape index (κ3) is 2.64. The molecule has 102 valence electrons. The van der Waals surface area contributed by atoms with Crippen molar-refractivity contribution in [3.05, 3.63) is 33.7 Å². The van der Waals surface area contributed by atoms with E-state index in [1.165, 1.54) is 0 Å². The molecule has 1 atom stereocenters. The average molecular weight is 296 g/mol. The van der Waals surface area contributed by atoms with Crippen molar-refractivity contribution in [1.29, 1.82) is 0 Å². The van der Waals surface area contributed by atoms with Gasteiger partial charge in [-0.2, -0.15) is 11.3 Å². The maximum atomic E-state index is 12.2. The molecule has 1 N–H and O–H groups in total. The Kier molecular flexibility index (Phi) is 4.21. The molecule has 2 heterocycles. The fraction of sp³-hybridized carbons (Fsp3) is 0.385. The molecule has 0 saturated heterocycles. The van der Waals surface area contributed by atoms with Crippen molar-refractivity contribution in [2.45, 2.75) is 19.9 Å². The largest absolute Gasteiger partial charge is 0.463 e. The van der Waals surface area contributed by atoms with Gasteiger partial charge < -0.3 is 15.0 Å². The molecule has 0 fully saturated rings. The summed E-state index contributed by atoms with van der Waals surface area (Å²) in [6, 6.07) is 1.76. The zero-order valence-corrected chi connectivity index (χ0v) is 12.7. The summed E-state index contributed by atoms with van der Waals surface area (Å²) in [6.07, 6.45) is 0. The molecule has 4 nitrogen and oxygen atoms in total. The van der Waals surface area contributed by atoms with E-state index in [1.807, 2.05) is 30.8 Å². The van der Waals surface area contributed by atoms with Gasteiger partial charge in [0.15, 0.2) is 5.11 Å². The second-order valence-corrected chi connectivity index (χ2v) is 5.38. The van der Waals surface area contributed by atoms with Crippen molar-refractivity contribution < 1.29 is 9.53 Å². The number of esters is 1. The van der Waals surface area contributed by atoms with Crippen molar-refractivity contribution in [2.75, 3.05) is 13.7 Å². The van der Waals surface area contributed by atoms with Crippen LogP contribution in [0.3, 0.4) is 0 Å². The maximum absolute atomic E-state index is 12.2. The van der Waals surface area contributed by atoms with Crippen LogP contribution >= 0.6 is 23.6 Å². The molecule has 0 aliphatic carbocycles. The Morgan fingerprint density at radius 2 is 2.37 bits per heavy atom. The van der Waals surface area contributed by atoms with Crippen LogP contribution in [0.25, 0.3) is 0 Å². The monoisotopic (exact) mass is 296 g/mol. The first-order valence-corrected chi connectivity index (χ1v) is 7.35. The minimum absolute atomic E-state index is 0.228. The summed E-state index contributed by atoms with van der Waals surface area (Å²) in [4.78, 5) is 14.0. The standard InChI is InChI=1S/C13H16N2O2S2/c1-4-17-12(16)10-8(2)15(3)13(18)14-11(10)9-5-6-19-7-9/h5-7,11H,4H2,1-3H3,(H,14,18). The van der Waals surface area contributed by atoms with Crippen LogP contribution < -0.4 is 5.32 Å². The zero-order valence-electron chi connectivity index (χ0n) is 11.1. The van der Waals surface area contributed by atoms with Crippen molar-refractivity contribution in [3.63, 3.8) is 0 Å². The number of thiocarbonyl (C=S) groups is 1. The fourth-order valence-corrected chi connectivity index (χ4v) is 2.94. The molecule has 0 saturated carbocycles. The predicted octanol–water partition coefficient (Wildman–Crippen LogP) is 2.45. The van der Waals surface area contributed by atoms with E-state index in [2.05, 4.69) is 5.32 Å². The highest BCUT2D eigenvalue weighted by atomic mass is 32.1. The number of thiophene rings is 1. The van der Waals surface area contributed by atoms with Crippen molar-refractivity contribution in [3.8, 4) is 0 Å². The maximum Gasteiger partial charge on any atom is 0.338 e. The van der Waals surface area contributed by atoms with Gasteiger partial charge in [-0.3, -0.25) is 0 Å². The summed E-state index contributed by atoms with van der Waals surface area (Å²) in [5.41, 5.74) is 2.48. The Balaban J connectivity index is 2.45. The van der Waals surface area contributed by atoms with Gasteiger partial charge >= 0.3 is 5.97 Å². The molecule has 0 aromatic carbocycles. The van der Waals surface area contributed by atoms with Crippen LogP contribution in [0.1, 0.15) is 25.5 Å². The Morgan fingerprint density at radius 1 is 1.63 bits per heavy atom. The van der Waals surface area contributed by atoms with Crippen molar-refractivity contribution in [2.24, 2.45) is 0 Å². The lowest BCUT2D eigenvalue weighted by Crippen LogP contribution is -2.46. The summed E-state index contributed by atoms with van der Waals surface area (Å²) in [5, 5.41) is 7.80. The van der Waals surface area contributed by atoms with Gasteiger partial charge in [-0.05, 0) is 48.5 Å². The number of hydrogen-bond acceptors (Lipinski definition) is 4. The highest BCUT2D eigenvalue weighted by Crippen LogP contribution is 2.31. The van der Waals surface area contributed by atoms with Crippen molar-refractivity contribution >= 4 is 34.6 Å². The van der Waals surface area contributed by atoms with Crippen LogP contribution in [0, 0.1) is 0 Å². The lowest BCUT2D eigenvalue weighted by atomic mass is 9.97. The number of nitrogens with zero attached hydrogens (tertiary/aromatic N) is 1. The van der Waals surface area contributed by atoms with Gasteiger partial charge in [0.05, 0.1) is 18.2 Å². The molecule has 0 radical (unpaired) electrons. The number of carbonyl (C=O) groups is 1. The van der Waals surface area contributed by atoms with E-state index in [0.29, 0.717) is 17.3 Å². The molecule has 1 unspecified atom stereocenters. The normalized spacial score (nSPS) is 19.4. The molecular weight excluding hydrogens is 280 g/mol. The quantitative estimate of drug-likeness (QED) is 0.685. The zero-order chi connectivity index (χ0) is 14.0. The summed E-state index contributed by atoms with van der Waals surface area (Å²) < 4.78 is 5.16. The average Bonchev–Trinajstić information content (AvgIpc) is 2.89. The third-order valence-corrected chi connectivity index (χ3v) is 4.22. The first-order valence-electron chi connectivity index (χ1n) is 6.00. The van der Waals surface area contributed by atoms with E-state index < -0.39 is 0 Å². The van der Waals surface area contributed by atoms with E-state index >= 15 is 0 Å². The second-order valence-electron chi connectivity index (χ2n) is 4.22. The lowest BCUT2D eigenvalue weighted by molar-refractivity contribution is -0.139. The highest BCUT2D eigenvalue weighted by molar-refractivity contribution is 7.80. The van der Waals surface area contributed by atoms with Crippen molar-refractivity contribution in [1.82, 2.24) is 10.2 Å². The molecular formula is C13H16N2O2S2. The molecule has 1 aromatic heterocycles. The first kappa shape index (κ1) is 14.0. The summed E-state index contributed by atoms with van der Waals surface area (Å²) >= 11 is 6.88. The third-order valence-electron chi connectivity index (χ3n) is 3.13. The lowest BCUT2D eigenvalue weighted by Gasteiger charge is -2.34. The van der Waals surface area contributed by atoms with Crippen LogP contribution in [0.15, 0.2) is 28.1 Å². The first-order chi connectivity index (χ1) is 9.06.